The first kappa shape index (κ1) is 19.4. The number of oxazole rings is 1. The van der Waals surface area contributed by atoms with Gasteiger partial charge in [-0.25, -0.2) is 23.4 Å². The molecule has 0 fully saturated rings. The number of nitrogens with one attached hydrogen (secondary N) is 1. The molecule has 1 aliphatic rings. The highest BCUT2D eigenvalue weighted by atomic mass is 35.5. The molecule has 3 heterocycles. The van der Waals surface area contributed by atoms with Crippen LogP contribution >= 0.6 is 22.9 Å². The molecule has 1 aliphatic carbocycles. The average molecular weight is 465 g/mol. The van der Waals surface area contributed by atoms with E-state index in [1.807, 2.05) is 6.07 Å². The second-order valence-corrected chi connectivity index (χ2v) is 9.25. The van der Waals surface area contributed by atoms with Crippen molar-refractivity contribution >= 4 is 50.2 Å². The van der Waals surface area contributed by atoms with E-state index in [0.29, 0.717) is 22.4 Å². The molecule has 0 amide bonds. The van der Waals surface area contributed by atoms with Gasteiger partial charge < -0.3 is 4.42 Å². The molecule has 3 aromatic heterocycles. The molecule has 7 nitrogen and oxygen atoms in total. The molecule has 2 atom stereocenters. The summed E-state index contributed by atoms with van der Waals surface area (Å²) in [5.74, 6) is -1.34. The van der Waals surface area contributed by atoms with Crippen LogP contribution in [-0.2, 0) is 17.4 Å². The Morgan fingerprint density at radius 2 is 2.23 bits per heavy atom. The van der Waals surface area contributed by atoms with Gasteiger partial charge in [-0.1, -0.05) is 17.7 Å². The average Bonchev–Trinajstić information content (AvgIpc) is 3.33. The number of aryl methyl sites for hydroxylation is 1. The van der Waals surface area contributed by atoms with Gasteiger partial charge in [0.25, 0.3) is 0 Å². The van der Waals surface area contributed by atoms with Gasteiger partial charge in [0.1, 0.15) is 11.0 Å². The number of benzene rings is 1. The van der Waals surface area contributed by atoms with Crippen LogP contribution in [0.5, 0.6) is 0 Å². The molecule has 0 spiro atoms. The number of aromatic nitrogens is 3. The second-order valence-electron chi connectivity index (χ2n) is 6.78. The van der Waals surface area contributed by atoms with Crippen molar-refractivity contribution in [2.24, 2.45) is 0 Å². The van der Waals surface area contributed by atoms with E-state index in [1.54, 1.807) is 17.6 Å². The van der Waals surface area contributed by atoms with Crippen molar-refractivity contribution in [1.29, 1.82) is 0 Å². The van der Waals surface area contributed by atoms with E-state index in [9.17, 15) is 13.4 Å². The molecule has 1 N–H and O–H groups in total. The molecule has 0 saturated carbocycles. The molecule has 2 unspecified atom stereocenters. The van der Waals surface area contributed by atoms with Crippen LogP contribution in [0.25, 0.3) is 11.1 Å². The Morgan fingerprint density at radius 3 is 3.03 bits per heavy atom. The summed E-state index contributed by atoms with van der Waals surface area (Å²) < 4.78 is 36.8. The van der Waals surface area contributed by atoms with E-state index in [-0.39, 0.29) is 16.0 Å². The van der Waals surface area contributed by atoms with Crippen LogP contribution in [0.15, 0.2) is 49.9 Å². The zero-order chi connectivity index (χ0) is 20.8. The minimum absolute atomic E-state index is 0.121. The molecule has 0 bridgehead atoms. The van der Waals surface area contributed by atoms with Gasteiger partial charge >= 0.3 is 5.76 Å². The fourth-order valence-electron chi connectivity index (χ4n) is 3.73. The van der Waals surface area contributed by atoms with Crippen LogP contribution in [0, 0.1) is 5.82 Å². The fourth-order valence-corrected chi connectivity index (χ4v) is 5.45. The molecule has 11 heteroatoms. The predicted molar refractivity (Wildman–Crippen MR) is 113 cm³/mol. The second kappa shape index (κ2) is 7.60. The number of hydrogen-bond acceptors (Lipinski definition) is 6. The van der Waals surface area contributed by atoms with Crippen molar-refractivity contribution in [3.8, 4) is 0 Å². The summed E-state index contributed by atoms with van der Waals surface area (Å²) in [7, 11) is -1.90. The van der Waals surface area contributed by atoms with Gasteiger partial charge in [-0.05, 0) is 30.9 Å². The zero-order valence-electron chi connectivity index (χ0n) is 15.3. The smallest absolute Gasteiger partial charge is 0.408 e. The van der Waals surface area contributed by atoms with Gasteiger partial charge in [-0.15, -0.1) is 11.3 Å². The number of hydrogen-bond donors (Lipinski definition) is 1. The Kier molecular flexibility index (Phi) is 4.92. The van der Waals surface area contributed by atoms with Crippen LogP contribution in [0.2, 0.25) is 5.15 Å². The maximum atomic E-state index is 14.9. The first-order chi connectivity index (χ1) is 14.5. The lowest BCUT2D eigenvalue weighted by Crippen LogP contribution is -2.26. The number of fused-ring (bicyclic) bond motifs is 2. The number of halogens is 2. The first-order valence-electron chi connectivity index (χ1n) is 9.09. The topological polar surface area (TPSA) is 90.0 Å². The third kappa shape index (κ3) is 3.34. The normalized spacial score (nSPS) is 17.1. The lowest BCUT2D eigenvalue weighted by Gasteiger charge is -2.25. The minimum Gasteiger partial charge on any atom is -0.408 e. The van der Waals surface area contributed by atoms with E-state index < -0.39 is 28.6 Å². The van der Waals surface area contributed by atoms with Crippen molar-refractivity contribution < 1.29 is 13.0 Å². The number of anilines is 1. The minimum atomic E-state index is -1.90. The molecule has 4 aromatic rings. The standard InChI is InChI=1S/C19H14ClFN4O3S2/c20-16-5-4-10-2-1-3-12(17(10)23-16)25-13-8-11(21)15(9-14(13)28-19(25)26)30(27)24-18-22-6-7-29-18/h4-9,12H,1-3H2,(H,22,24). The van der Waals surface area contributed by atoms with Crippen LogP contribution in [0.1, 0.15) is 30.1 Å². The van der Waals surface area contributed by atoms with Crippen LogP contribution in [0.4, 0.5) is 9.52 Å². The van der Waals surface area contributed by atoms with E-state index in [1.165, 1.54) is 28.0 Å². The summed E-state index contributed by atoms with van der Waals surface area (Å²) >= 11 is 7.32. The first-order valence-corrected chi connectivity index (χ1v) is 11.5. The number of rotatable bonds is 4. The van der Waals surface area contributed by atoms with Crippen molar-refractivity contribution in [2.75, 3.05) is 4.72 Å². The van der Waals surface area contributed by atoms with Crippen LogP contribution in [0.3, 0.4) is 0 Å². The summed E-state index contributed by atoms with van der Waals surface area (Å²) in [5, 5.41) is 2.44. The quantitative estimate of drug-likeness (QED) is 0.455. The van der Waals surface area contributed by atoms with Gasteiger partial charge in [0.2, 0.25) is 0 Å². The molecule has 0 aliphatic heterocycles. The highest BCUT2D eigenvalue weighted by Gasteiger charge is 2.28. The Bertz CT molecular complexity index is 1340. The number of nitrogens with zero attached hydrogens (tertiary/aromatic N) is 3. The van der Waals surface area contributed by atoms with E-state index in [0.717, 1.165) is 18.4 Å². The maximum Gasteiger partial charge on any atom is 0.420 e. The van der Waals surface area contributed by atoms with Crippen molar-refractivity contribution in [1.82, 2.24) is 14.5 Å². The van der Waals surface area contributed by atoms with E-state index >= 15 is 0 Å². The largest absolute Gasteiger partial charge is 0.420 e. The molecule has 1 aromatic carbocycles. The highest BCUT2D eigenvalue weighted by Crippen LogP contribution is 2.34. The van der Waals surface area contributed by atoms with Crippen molar-refractivity contribution in [2.45, 2.75) is 30.2 Å². The molecule has 0 saturated heterocycles. The number of pyridine rings is 1. The summed E-state index contributed by atoms with van der Waals surface area (Å²) in [6.45, 7) is 0. The third-order valence-electron chi connectivity index (χ3n) is 5.01. The number of thiazole rings is 1. The molecule has 0 radical (unpaired) electrons. The Balaban J connectivity index is 1.60. The van der Waals surface area contributed by atoms with Gasteiger partial charge in [0.05, 0.1) is 22.1 Å². The van der Waals surface area contributed by atoms with E-state index in [4.69, 9.17) is 16.0 Å². The van der Waals surface area contributed by atoms with Crippen LogP contribution < -0.4 is 10.5 Å². The Labute approximate surface area is 181 Å². The van der Waals surface area contributed by atoms with Crippen LogP contribution in [-0.4, -0.2) is 18.7 Å². The summed E-state index contributed by atoms with van der Waals surface area (Å²) in [6.07, 6.45) is 3.88. The third-order valence-corrected chi connectivity index (χ3v) is 7.13. The summed E-state index contributed by atoms with van der Waals surface area (Å²) in [6, 6.07) is 5.67. The zero-order valence-corrected chi connectivity index (χ0v) is 17.7. The molecular weight excluding hydrogens is 451 g/mol. The van der Waals surface area contributed by atoms with E-state index in [2.05, 4.69) is 14.7 Å². The Morgan fingerprint density at radius 1 is 1.37 bits per heavy atom. The Hall–Kier alpha value is -2.56. The van der Waals surface area contributed by atoms with Gasteiger partial charge in [0.15, 0.2) is 21.7 Å². The maximum absolute atomic E-state index is 14.9. The predicted octanol–water partition coefficient (Wildman–Crippen LogP) is 4.30. The lowest BCUT2D eigenvalue weighted by molar-refractivity contribution is 0.429. The molecule has 30 heavy (non-hydrogen) atoms. The molecule has 154 valence electrons. The fraction of sp³-hybridized carbons (Fsp3) is 0.211. The van der Waals surface area contributed by atoms with Crippen molar-refractivity contribution in [3.63, 3.8) is 0 Å². The van der Waals surface area contributed by atoms with Gasteiger partial charge in [-0.2, -0.15) is 0 Å². The van der Waals surface area contributed by atoms with Gasteiger partial charge in [0, 0.05) is 23.7 Å². The van der Waals surface area contributed by atoms with Gasteiger partial charge in [-0.3, -0.25) is 9.29 Å². The monoisotopic (exact) mass is 464 g/mol. The highest BCUT2D eigenvalue weighted by molar-refractivity contribution is 7.86. The SMILES string of the molecule is O=c1oc2cc(S(=O)Nc3nccs3)c(F)cc2n1C1CCCc2ccc(Cl)nc21. The molecule has 5 rings (SSSR count). The molecular formula is C19H14ClFN4O3S2. The van der Waals surface area contributed by atoms with Crippen molar-refractivity contribution in [3.05, 3.63) is 68.6 Å². The summed E-state index contributed by atoms with van der Waals surface area (Å²) in [4.78, 5) is 21.0. The summed E-state index contributed by atoms with van der Waals surface area (Å²) in [5.41, 5.74) is 2.13. The lowest BCUT2D eigenvalue weighted by atomic mass is 9.91.